The molecule has 3 rings (SSSR count). The molecule has 78 heavy (non-hydrogen) atoms. The van der Waals surface area contributed by atoms with Crippen molar-refractivity contribution in [2.75, 3.05) is 13.2 Å². The third-order valence-corrected chi connectivity index (χ3v) is 20.7. The molecule has 2 aromatic carbocycles. The van der Waals surface area contributed by atoms with E-state index in [9.17, 15) is 24.3 Å². The Balaban J connectivity index is 2.03. The van der Waals surface area contributed by atoms with Gasteiger partial charge in [0.1, 0.15) is 37.6 Å². The number of benzene rings is 2. The van der Waals surface area contributed by atoms with Gasteiger partial charge in [-0.1, -0.05) is 280 Å². The van der Waals surface area contributed by atoms with Gasteiger partial charge < -0.3 is 43.3 Å². The Morgan fingerprint density at radius 3 is 1.59 bits per heavy atom. The van der Waals surface area contributed by atoms with Crippen LogP contribution in [0.4, 0.5) is 9.59 Å². The molecule has 2 aromatic rings. The van der Waals surface area contributed by atoms with Crippen LogP contribution >= 0.6 is 69.6 Å². The van der Waals surface area contributed by atoms with Gasteiger partial charge in [0.25, 0.3) is 8.32 Å². The second kappa shape index (κ2) is 35.7. The summed E-state index contributed by atoms with van der Waals surface area (Å²) in [5.41, 5.74) is -1.67. The highest BCUT2D eigenvalue weighted by atomic mass is 35.6. The third kappa shape index (κ3) is 25.1. The van der Waals surface area contributed by atoms with Crippen LogP contribution in [0.2, 0.25) is 5.04 Å². The van der Waals surface area contributed by atoms with Crippen LogP contribution in [0.25, 0.3) is 0 Å². The minimum Gasteiger partial charge on any atom is -0.462 e. The number of hydrogen-bond acceptors (Lipinski definition) is 12. The van der Waals surface area contributed by atoms with Crippen LogP contribution in [-0.4, -0.2) is 101 Å². The number of ether oxygens (including phenoxy) is 6. The van der Waals surface area contributed by atoms with Crippen LogP contribution < -0.4 is 15.7 Å². The molecule has 1 aliphatic rings. The van der Waals surface area contributed by atoms with Crippen LogP contribution in [-0.2, 0) is 42.4 Å². The topological polar surface area (TPSA) is 165 Å². The molecule has 20 heteroatoms. The highest BCUT2D eigenvalue weighted by molar-refractivity contribution is 6.99. The first-order valence-corrected chi connectivity index (χ1v) is 32.5. The summed E-state index contributed by atoms with van der Waals surface area (Å²) in [5.74, 6) is -1.28. The van der Waals surface area contributed by atoms with Gasteiger partial charge in [-0.05, 0) is 48.5 Å². The van der Waals surface area contributed by atoms with Crippen LogP contribution in [0.1, 0.15) is 196 Å². The summed E-state index contributed by atoms with van der Waals surface area (Å²) >= 11 is 36.3. The number of aliphatic hydroxyl groups is 1. The summed E-state index contributed by atoms with van der Waals surface area (Å²) in [5, 5.41) is 15.9. The molecule has 1 fully saturated rings. The molecule has 1 aliphatic heterocycles. The monoisotopic (exact) mass is 1230 g/mol. The van der Waals surface area contributed by atoms with Crippen molar-refractivity contribution in [3.8, 4) is 0 Å². The molecule has 0 radical (unpaired) electrons. The number of nitrogens with one attached hydrogen (secondary N) is 1. The second-order valence-corrected chi connectivity index (χ2v) is 31.1. The number of alkyl halides is 6. The highest BCUT2D eigenvalue weighted by Crippen LogP contribution is 2.42. The summed E-state index contributed by atoms with van der Waals surface area (Å²) < 4.78 is 38.5. The predicted octanol–water partition coefficient (Wildman–Crippen LogP) is 15.3. The molecule has 444 valence electrons. The highest BCUT2D eigenvalue weighted by Gasteiger charge is 2.57. The Labute approximate surface area is 496 Å². The Morgan fingerprint density at radius 1 is 0.654 bits per heavy atom. The molecule has 0 bridgehead atoms. The average molecular weight is 1230 g/mol. The van der Waals surface area contributed by atoms with Crippen LogP contribution in [0.5, 0.6) is 0 Å². The lowest BCUT2D eigenvalue weighted by molar-refractivity contribution is -0.253. The van der Waals surface area contributed by atoms with Crippen molar-refractivity contribution in [3.05, 3.63) is 60.7 Å². The summed E-state index contributed by atoms with van der Waals surface area (Å²) in [6.45, 7) is 11.8. The molecule has 0 aliphatic carbocycles. The van der Waals surface area contributed by atoms with E-state index in [1.807, 2.05) is 81.4 Å². The standard InChI is InChI=1S/C58H89Cl6NO12Si/c1-8-10-12-14-16-18-19-21-23-25-33-39-47(66)73-43(34-28-24-22-20-17-15-13-11-9-2)40-48(67)75-51-49(65-53(69)72-42-57(59,60)61)52(74-46(50(51)68)41-71-54(70)76-56(6,7)58(62,63)64)77-78(55(3,4)5,44-35-29-26-30-36-44)45-37-31-27-32-38-45/h26-27,29-32,35-38,43,46,49-52,68H,8-25,28,33-34,39-42H2,1-7H3,(H,65,69)/t43?,46-,49-,50-,51-,52+/m1/s1. The van der Waals surface area contributed by atoms with E-state index in [1.165, 1.54) is 84.5 Å². The van der Waals surface area contributed by atoms with E-state index in [2.05, 4.69) is 19.2 Å². The van der Waals surface area contributed by atoms with Crippen LogP contribution in [0.15, 0.2) is 60.7 Å². The lowest BCUT2D eigenvalue weighted by Gasteiger charge is -2.50. The molecular weight excluding hydrogens is 1140 g/mol. The first-order chi connectivity index (χ1) is 36.8. The van der Waals surface area contributed by atoms with E-state index in [1.54, 1.807) is 0 Å². The number of esters is 2. The molecule has 0 aromatic heterocycles. The van der Waals surface area contributed by atoms with E-state index in [-0.39, 0.29) is 12.8 Å². The maximum atomic E-state index is 14.5. The molecule has 1 saturated heterocycles. The van der Waals surface area contributed by atoms with E-state index >= 15 is 0 Å². The zero-order chi connectivity index (χ0) is 57.8. The van der Waals surface area contributed by atoms with Gasteiger partial charge in [-0.2, -0.15) is 0 Å². The molecule has 1 unspecified atom stereocenters. The first kappa shape index (κ1) is 70.0. The van der Waals surface area contributed by atoms with Crippen molar-refractivity contribution >= 4 is 112 Å². The lowest BCUT2D eigenvalue weighted by atomic mass is 9.96. The molecule has 1 heterocycles. The van der Waals surface area contributed by atoms with E-state index < -0.39 is 101 Å². The van der Waals surface area contributed by atoms with Gasteiger partial charge in [0, 0.05) is 6.42 Å². The molecule has 1 amide bonds. The fraction of sp³-hybridized carbons (Fsp3) is 0.724. The van der Waals surface area contributed by atoms with E-state index in [4.69, 9.17) is 102 Å². The van der Waals surface area contributed by atoms with Gasteiger partial charge in [0.15, 0.2) is 18.0 Å². The SMILES string of the molecule is CCCCCCCCCCCCCC(=O)OC(CCCCCCCCCCC)CC(=O)O[C@H]1[C@H](O)[C@@H](COC(=O)OC(C)(C)C(Cl)(Cl)Cl)O[C@@H](O[Si](c2ccccc2)(c2ccccc2)C(C)(C)C)[C@@H]1NC(=O)OCC(Cl)(Cl)Cl. The zero-order valence-electron chi connectivity index (χ0n) is 47.1. The van der Waals surface area contributed by atoms with Gasteiger partial charge >= 0.3 is 24.2 Å². The number of amides is 1. The number of hydrogen-bond donors (Lipinski definition) is 2. The third-order valence-electron chi connectivity index (χ3n) is 14.0. The van der Waals surface area contributed by atoms with Crippen LogP contribution in [0, 0.1) is 0 Å². The number of carbonyl (C=O) groups is 4. The smallest absolute Gasteiger partial charge is 0.462 e. The van der Waals surface area contributed by atoms with Crippen molar-refractivity contribution in [2.24, 2.45) is 0 Å². The fourth-order valence-corrected chi connectivity index (χ4v) is 14.4. The van der Waals surface area contributed by atoms with Crippen molar-refractivity contribution in [2.45, 2.75) is 251 Å². The van der Waals surface area contributed by atoms with E-state index in [0.29, 0.717) is 19.3 Å². The number of unbranched alkanes of at least 4 members (excludes halogenated alkanes) is 18. The number of halogens is 6. The number of alkyl carbamates (subject to hydrolysis) is 1. The van der Waals surface area contributed by atoms with Gasteiger partial charge in [-0.25, -0.2) is 9.59 Å². The minimum absolute atomic E-state index is 0.200. The molecule has 2 N–H and O–H groups in total. The summed E-state index contributed by atoms with van der Waals surface area (Å²) in [7, 11) is -3.64. The normalized spacial score (nSPS) is 18.7. The van der Waals surface area contributed by atoms with Crippen molar-refractivity contribution in [1.29, 1.82) is 0 Å². The Hall–Kier alpha value is -2.24. The molecule has 0 spiro atoms. The molecule has 6 atom stereocenters. The van der Waals surface area contributed by atoms with Gasteiger partial charge in [0.2, 0.25) is 7.59 Å². The summed E-state index contributed by atoms with van der Waals surface area (Å²) in [6, 6.07) is 17.5. The first-order valence-electron chi connectivity index (χ1n) is 28.3. The minimum atomic E-state index is -3.64. The largest absolute Gasteiger partial charge is 0.509 e. The Bertz CT molecular complexity index is 1980. The quantitative estimate of drug-likeness (QED) is 0.0221. The van der Waals surface area contributed by atoms with Gasteiger partial charge in [-0.3, -0.25) is 9.59 Å². The predicted molar refractivity (Wildman–Crippen MR) is 316 cm³/mol. The van der Waals surface area contributed by atoms with Crippen molar-refractivity contribution < 1.29 is 57.1 Å². The maximum Gasteiger partial charge on any atom is 0.509 e. The van der Waals surface area contributed by atoms with Crippen LogP contribution in [0.3, 0.4) is 0 Å². The lowest BCUT2D eigenvalue weighted by Crippen LogP contribution is -2.73. The summed E-state index contributed by atoms with van der Waals surface area (Å²) in [6.07, 6.45) is 12.3. The summed E-state index contributed by atoms with van der Waals surface area (Å²) in [4.78, 5) is 55.1. The average Bonchev–Trinajstić information content (AvgIpc) is 3.58. The molecular formula is C58H89Cl6NO12Si. The zero-order valence-corrected chi connectivity index (χ0v) is 52.7. The number of carbonyl (C=O) groups excluding carboxylic acids is 4. The van der Waals surface area contributed by atoms with Crippen molar-refractivity contribution in [1.82, 2.24) is 5.32 Å². The van der Waals surface area contributed by atoms with Crippen molar-refractivity contribution in [3.63, 3.8) is 0 Å². The Morgan fingerprint density at radius 2 is 1.13 bits per heavy atom. The second-order valence-electron chi connectivity index (χ2n) is 22.0. The molecule has 0 saturated carbocycles. The van der Waals surface area contributed by atoms with Gasteiger partial charge in [-0.15, -0.1) is 0 Å². The van der Waals surface area contributed by atoms with E-state index in [0.717, 1.165) is 55.3 Å². The number of rotatable bonds is 35. The fourth-order valence-electron chi connectivity index (χ4n) is 9.53. The Kier molecular flexibility index (Phi) is 32.0. The maximum absolute atomic E-state index is 14.5. The number of aliphatic hydroxyl groups excluding tert-OH is 1. The molecule has 13 nitrogen and oxygen atoms in total. The van der Waals surface area contributed by atoms with Gasteiger partial charge in [0.05, 0.1) is 6.42 Å².